The van der Waals surface area contributed by atoms with E-state index in [4.69, 9.17) is 5.41 Å². The van der Waals surface area contributed by atoms with Gasteiger partial charge in [0.1, 0.15) is 0 Å². The first-order chi connectivity index (χ1) is 9.84. The summed E-state index contributed by atoms with van der Waals surface area (Å²) in [6, 6.07) is 28.3. The Morgan fingerprint density at radius 2 is 0.950 bits per heavy atom. The van der Waals surface area contributed by atoms with Crippen molar-refractivity contribution in [1.29, 1.82) is 5.41 Å². The number of benzene rings is 3. The van der Waals surface area contributed by atoms with E-state index in [9.17, 15) is 0 Å². The molecule has 0 saturated heterocycles. The zero-order chi connectivity index (χ0) is 13.8. The van der Waals surface area contributed by atoms with Crippen LogP contribution in [0.5, 0.6) is 0 Å². The molecule has 96 valence electrons. The lowest BCUT2D eigenvalue weighted by Gasteiger charge is -2.06. The zero-order valence-electron chi connectivity index (χ0n) is 11.1. The molecule has 20 heavy (non-hydrogen) atoms. The van der Waals surface area contributed by atoms with Crippen LogP contribution in [0, 0.1) is 5.41 Å². The van der Waals surface area contributed by atoms with Crippen molar-refractivity contribution in [2.24, 2.45) is 0 Å². The van der Waals surface area contributed by atoms with E-state index in [1.54, 1.807) is 0 Å². The van der Waals surface area contributed by atoms with Crippen LogP contribution in [0.2, 0.25) is 0 Å². The van der Waals surface area contributed by atoms with Crippen LogP contribution in [0.25, 0.3) is 11.1 Å². The van der Waals surface area contributed by atoms with E-state index in [-0.39, 0.29) is 0 Å². The van der Waals surface area contributed by atoms with Gasteiger partial charge in [-0.05, 0) is 16.7 Å². The Kier molecular flexibility index (Phi) is 3.42. The minimum atomic E-state index is 0.560. The van der Waals surface area contributed by atoms with Gasteiger partial charge in [0.05, 0.1) is 5.71 Å². The second kappa shape index (κ2) is 5.54. The highest BCUT2D eigenvalue weighted by atomic mass is 14.4. The molecular weight excluding hydrogens is 242 g/mol. The van der Waals surface area contributed by atoms with Crippen LogP contribution in [0.15, 0.2) is 84.9 Å². The summed E-state index contributed by atoms with van der Waals surface area (Å²) in [5, 5.41) is 8.25. The van der Waals surface area contributed by atoms with Crippen LogP contribution >= 0.6 is 0 Å². The van der Waals surface area contributed by atoms with Gasteiger partial charge in [0, 0.05) is 5.56 Å². The molecule has 3 aromatic rings. The Labute approximate surface area is 119 Å². The first-order valence-electron chi connectivity index (χ1n) is 6.64. The molecule has 0 unspecified atom stereocenters. The third-order valence-electron chi connectivity index (χ3n) is 3.34. The fourth-order valence-corrected chi connectivity index (χ4v) is 2.23. The summed E-state index contributed by atoms with van der Waals surface area (Å²) in [6.07, 6.45) is 0. The molecule has 0 aliphatic carbocycles. The molecule has 0 radical (unpaired) electrons. The molecule has 0 amide bonds. The van der Waals surface area contributed by atoms with Gasteiger partial charge >= 0.3 is 0 Å². The number of hydrogen-bond donors (Lipinski definition) is 1. The molecule has 0 aliphatic heterocycles. The van der Waals surface area contributed by atoms with Gasteiger partial charge in [-0.15, -0.1) is 0 Å². The van der Waals surface area contributed by atoms with Crippen molar-refractivity contribution in [2.45, 2.75) is 0 Å². The average Bonchev–Trinajstić information content (AvgIpc) is 2.56. The quantitative estimate of drug-likeness (QED) is 0.653. The predicted molar refractivity (Wildman–Crippen MR) is 84.3 cm³/mol. The van der Waals surface area contributed by atoms with Crippen LogP contribution < -0.4 is 0 Å². The van der Waals surface area contributed by atoms with Gasteiger partial charge < -0.3 is 0 Å². The van der Waals surface area contributed by atoms with Crippen molar-refractivity contribution in [1.82, 2.24) is 0 Å². The zero-order valence-corrected chi connectivity index (χ0v) is 11.1. The monoisotopic (exact) mass is 257 g/mol. The van der Waals surface area contributed by atoms with Gasteiger partial charge in [0.2, 0.25) is 0 Å². The van der Waals surface area contributed by atoms with E-state index < -0.39 is 0 Å². The summed E-state index contributed by atoms with van der Waals surface area (Å²) < 4.78 is 0. The molecule has 0 heterocycles. The molecule has 0 aliphatic rings. The van der Waals surface area contributed by atoms with Crippen LogP contribution in [0.1, 0.15) is 11.1 Å². The number of rotatable bonds is 3. The lowest BCUT2D eigenvalue weighted by atomic mass is 9.99. The maximum Gasteiger partial charge on any atom is 0.0684 e. The van der Waals surface area contributed by atoms with Gasteiger partial charge in [-0.3, -0.25) is 5.41 Å². The van der Waals surface area contributed by atoms with Crippen LogP contribution in [-0.2, 0) is 0 Å². The van der Waals surface area contributed by atoms with Crippen LogP contribution in [0.3, 0.4) is 0 Å². The summed E-state index contributed by atoms with van der Waals surface area (Å²) in [5.41, 5.74) is 4.82. The second-order valence-corrected chi connectivity index (χ2v) is 4.68. The van der Waals surface area contributed by atoms with Gasteiger partial charge in [0.15, 0.2) is 0 Å². The SMILES string of the molecule is N=C(c1ccccc1)c1ccc(-c2ccccc2)cc1. The fraction of sp³-hybridized carbons (Fsp3) is 0. The molecule has 0 atom stereocenters. The maximum atomic E-state index is 8.25. The summed E-state index contributed by atoms with van der Waals surface area (Å²) >= 11 is 0. The highest BCUT2D eigenvalue weighted by Crippen LogP contribution is 2.20. The van der Waals surface area contributed by atoms with E-state index in [1.165, 1.54) is 11.1 Å². The average molecular weight is 257 g/mol. The van der Waals surface area contributed by atoms with Crippen molar-refractivity contribution in [3.05, 3.63) is 96.1 Å². The third-order valence-corrected chi connectivity index (χ3v) is 3.34. The molecule has 0 fully saturated rings. The van der Waals surface area contributed by atoms with Crippen LogP contribution in [-0.4, -0.2) is 5.71 Å². The van der Waals surface area contributed by atoms with Gasteiger partial charge in [-0.25, -0.2) is 0 Å². The summed E-state index contributed by atoms with van der Waals surface area (Å²) in [6.45, 7) is 0. The first-order valence-corrected chi connectivity index (χ1v) is 6.64. The van der Waals surface area contributed by atoms with Crippen LogP contribution in [0.4, 0.5) is 0 Å². The normalized spacial score (nSPS) is 10.2. The summed E-state index contributed by atoms with van der Waals surface area (Å²) in [4.78, 5) is 0. The van der Waals surface area contributed by atoms with Crippen molar-refractivity contribution in [3.63, 3.8) is 0 Å². The molecule has 0 aromatic heterocycles. The molecule has 3 rings (SSSR count). The van der Waals surface area contributed by atoms with Gasteiger partial charge in [-0.1, -0.05) is 84.9 Å². The van der Waals surface area contributed by atoms with E-state index >= 15 is 0 Å². The third kappa shape index (κ3) is 2.52. The molecule has 1 heteroatoms. The molecular formula is C19H15N. The van der Waals surface area contributed by atoms with Crippen molar-refractivity contribution in [3.8, 4) is 11.1 Å². The Balaban J connectivity index is 1.89. The predicted octanol–water partition coefficient (Wildman–Crippen LogP) is 4.77. The Morgan fingerprint density at radius 1 is 0.500 bits per heavy atom. The van der Waals surface area contributed by atoms with Gasteiger partial charge in [-0.2, -0.15) is 0 Å². The summed E-state index contributed by atoms with van der Waals surface area (Å²) in [5.74, 6) is 0. The van der Waals surface area contributed by atoms with Crippen molar-refractivity contribution in [2.75, 3.05) is 0 Å². The van der Waals surface area contributed by atoms with E-state index in [0.717, 1.165) is 11.1 Å². The fourth-order valence-electron chi connectivity index (χ4n) is 2.23. The maximum absolute atomic E-state index is 8.25. The lowest BCUT2D eigenvalue weighted by molar-refractivity contribution is 1.45. The van der Waals surface area contributed by atoms with Crippen molar-refractivity contribution >= 4 is 5.71 Å². The smallest absolute Gasteiger partial charge is 0.0684 e. The van der Waals surface area contributed by atoms with E-state index in [2.05, 4.69) is 24.3 Å². The van der Waals surface area contributed by atoms with Crippen molar-refractivity contribution < 1.29 is 0 Å². The highest BCUT2D eigenvalue weighted by Gasteiger charge is 2.04. The van der Waals surface area contributed by atoms with Gasteiger partial charge in [0.25, 0.3) is 0 Å². The molecule has 1 nitrogen and oxygen atoms in total. The lowest BCUT2D eigenvalue weighted by Crippen LogP contribution is -2.00. The summed E-state index contributed by atoms with van der Waals surface area (Å²) in [7, 11) is 0. The molecule has 1 N–H and O–H groups in total. The number of nitrogens with one attached hydrogen (secondary N) is 1. The Morgan fingerprint density at radius 3 is 1.55 bits per heavy atom. The number of hydrogen-bond acceptors (Lipinski definition) is 1. The second-order valence-electron chi connectivity index (χ2n) is 4.68. The van der Waals surface area contributed by atoms with E-state index in [1.807, 2.05) is 60.7 Å². The Hall–Kier alpha value is -2.67. The minimum absolute atomic E-state index is 0.560. The largest absolute Gasteiger partial charge is 0.300 e. The first kappa shape index (κ1) is 12.4. The molecule has 0 spiro atoms. The Bertz CT molecular complexity index is 698. The topological polar surface area (TPSA) is 23.9 Å². The minimum Gasteiger partial charge on any atom is -0.300 e. The molecule has 0 saturated carbocycles. The molecule has 0 bridgehead atoms. The molecule has 3 aromatic carbocycles. The highest BCUT2D eigenvalue weighted by molar-refractivity contribution is 6.10. The van der Waals surface area contributed by atoms with E-state index in [0.29, 0.717) is 5.71 Å². The standard InChI is InChI=1S/C19H15N/c20-19(17-9-5-2-6-10-17)18-13-11-16(12-14-18)15-7-3-1-4-8-15/h1-14,20H.